The molecule has 4 nitrogen and oxygen atoms in total. The Kier molecular flexibility index (Phi) is 4.61. The molecule has 5 rings (SSSR count). The Morgan fingerprint density at radius 3 is 1.32 bits per heavy atom. The Balaban J connectivity index is 0.000000932. The molecule has 0 spiro atoms. The largest absolute Gasteiger partial charge is 0.354 e. The number of H-pyrrole nitrogens is 2. The van der Waals surface area contributed by atoms with Gasteiger partial charge >= 0.3 is 0 Å². The lowest BCUT2D eigenvalue weighted by Gasteiger charge is -2.07. The quantitative estimate of drug-likeness (QED) is 0.307. The molecular weight excluding hydrogens is 395 g/mol. The summed E-state index contributed by atoms with van der Waals surface area (Å²) >= 11 is 12.0. The standard InChI is InChI=1S/C20H10Cl2N2O2.C2H6/c21-9-1-3-15-11(5-9)19(25)13-8-18-14(7-17(13)23-15)20(26)12-6-10(22)2-4-16(12)24-18;1-2/h1-8H,(H,23,25)(H,24,26);1-2H3. The maximum absolute atomic E-state index is 12.9. The molecule has 0 unspecified atom stereocenters. The fourth-order valence-corrected chi connectivity index (χ4v) is 3.73. The van der Waals surface area contributed by atoms with E-state index in [2.05, 4.69) is 9.97 Å². The van der Waals surface area contributed by atoms with Gasteiger partial charge in [0.1, 0.15) is 0 Å². The summed E-state index contributed by atoms with van der Waals surface area (Å²) < 4.78 is 0. The summed E-state index contributed by atoms with van der Waals surface area (Å²) in [6, 6.07) is 13.7. The number of hydrogen-bond acceptors (Lipinski definition) is 2. The summed E-state index contributed by atoms with van der Waals surface area (Å²) in [7, 11) is 0. The third-order valence-corrected chi connectivity index (χ3v) is 5.11. The van der Waals surface area contributed by atoms with E-state index in [4.69, 9.17) is 23.2 Å². The molecule has 3 aromatic carbocycles. The molecule has 0 bridgehead atoms. The predicted octanol–water partition coefficient (Wildman–Crippen LogP) is 6.01. The van der Waals surface area contributed by atoms with E-state index in [0.29, 0.717) is 53.7 Å². The van der Waals surface area contributed by atoms with Gasteiger partial charge in [0, 0.05) is 42.6 Å². The van der Waals surface area contributed by atoms with E-state index in [0.717, 1.165) is 0 Å². The highest BCUT2D eigenvalue weighted by Gasteiger charge is 2.11. The van der Waals surface area contributed by atoms with Crippen LogP contribution >= 0.6 is 23.2 Å². The Hall–Kier alpha value is -2.82. The summed E-state index contributed by atoms with van der Waals surface area (Å²) in [5.74, 6) is 0. The first-order valence-corrected chi connectivity index (χ1v) is 9.67. The Bertz CT molecular complexity index is 1390. The second-order valence-electron chi connectivity index (χ2n) is 6.23. The molecular formula is C22H16Cl2N2O2. The molecule has 0 saturated carbocycles. The second kappa shape index (κ2) is 6.97. The summed E-state index contributed by atoms with van der Waals surface area (Å²) in [5, 5.41) is 3.02. The topological polar surface area (TPSA) is 65.7 Å². The van der Waals surface area contributed by atoms with Crippen molar-refractivity contribution in [3.63, 3.8) is 0 Å². The van der Waals surface area contributed by atoms with E-state index in [1.54, 1.807) is 48.5 Å². The Morgan fingerprint density at radius 1 is 0.571 bits per heavy atom. The maximum Gasteiger partial charge on any atom is 0.197 e. The minimum absolute atomic E-state index is 0.129. The van der Waals surface area contributed by atoms with Crippen LogP contribution < -0.4 is 10.9 Å². The van der Waals surface area contributed by atoms with Crippen molar-refractivity contribution in [2.24, 2.45) is 0 Å². The first kappa shape index (κ1) is 18.5. The van der Waals surface area contributed by atoms with Crippen LogP contribution in [0, 0.1) is 0 Å². The zero-order valence-corrected chi connectivity index (χ0v) is 16.7. The summed E-state index contributed by atoms with van der Waals surface area (Å²) in [5.41, 5.74) is 2.29. The monoisotopic (exact) mass is 410 g/mol. The second-order valence-corrected chi connectivity index (χ2v) is 7.10. The SMILES string of the molecule is CC.O=c1c2cc(Cl)ccc2[nH]c2cc3c(=O)c4cc(Cl)ccc4[nH]c3cc12. The number of aromatic nitrogens is 2. The summed E-state index contributed by atoms with van der Waals surface area (Å²) in [6.45, 7) is 4.00. The number of hydrogen-bond donors (Lipinski definition) is 2. The van der Waals surface area contributed by atoms with E-state index in [9.17, 15) is 9.59 Å². The number of nitrogens with one attached hydrogen (secondary N) is 2. The number of fused-ring (bicyclic) bond motifs is 4. The number of halogens is 2. The van der Waals surface area contributed by atoms with Gasteiger partial charge in [0.15, 0.2) is 10.9 Å². The number of benzene rings is 3. The van der Waals surface area contributed by atoms with Gasteiger partial charge in [-0.1, -0.05) is 37.0 Å². The van der Waals surface area contributed by atoms with Gasteiger partial charge in [-0.25, -0.2) is 0 Å². The fourth-order valence-electron chi connectivity index (χ4n) is 3.39. The third-order valence-electron chi connectivity index (χ3n) is 4.64. The molecule has 0 radical (unpaired) electrons. The zero-order chi connectivity index (χ0) is 20.0. The van der Waals surface area contributed by atoms with Crippen LogP contribution in [0.2, 0.25) is 10.0 Å². The van der Waals surface area contributed by atoms with Gasteiger partial charge in [-0.15, -0.1) is 0 Å². The number of rotatable bonds is 0. The fraction of sp³-hybridized carbons (Fsp3) is 0.0909. The van der Waals surface area contributed by atoms with Crippen molar-refractivity contribution in [2.75, 3.05) is 0 Å². The predicted molar refractivity (Wildman–Crippen MR) is 119 cm³/mol. The molecule has 28 heavy (non-hydrogen) atoms. The van der Waals surface area contributed by atoms with Gasteiger partial charge in [-0.3, -0.25) is 9.59 Å². The summed E-state index contributed by atoms with van der Waals surface area (Å²) in [4.78, 5) is 32.2. The van der Waals surface area contributed by atoms with Crippen molar-refractivity contribution in [3.8, 4) is 0 Å². The Morgan fingerprint density at radius 2 is 0.929 bits per heavy atom. The lowest BCUT2D eigenvalue weighted by Crippen LogP contribution is -2.08. The van der Waals surface area contributed by atoms with Crippen LogP contribution in [0.4, 0.5) is 0 Å². The average molecular weight is 411 g/mol. The van der Waals surface area contributed by atoms with Gasteiger partial charge < -0.3 is 9.97 Å². The van der Waals surface area contributed by atoms with E-state index in [1.165, 1.54) is 0 Å². The van der Waals surface area contributed by atoms with E-state index in [1.807, 2.05) is 13.8 Å². The van der Waals surface area contributed by atoms with Gasteiger partial charge in [-0.2, -0.15) is 0 Å². The van der Waals surface area contributed by atoms with Crippen LogP contribution in [0.5, 0.6) is 0 Å². The van der Waals surface area contributed by atoms with Crippen molar-refractivity contribution < 1.29 is 0 Å². The van der Waals surface area contributed by atoms with Crippen LogP contribution in [-0.4, -0.2) is 9.97 Å². The summed E-state index contributed by atoms with van der Waals surface area (Å²) in [6.07, 6.45) is 0. The van der Waals surface area contributed by atoms with Crippen LogP contribution in [-0.2, 0) is 0 Å². The first-order chi connectivity index (χ1) is 13.5. The van der Waals surface area contributed by atoms with Crippen molar-refractivity contribution >= 4 is 66.8 Å². The van der Waals surface area contributed by atoms with E-state index in [-0.39, 0.29) is 10.9 Å². The molecule has 2 aromatic heterocycles. The van der Waals surface area contributed by atoms with Crippen LogP contribution in [0.15, 0.2) is 58.1 Å². The first-order valence-electron chi connectivity index (χ1n) is 8.92. The third kappa shape index (κ3) is 2.86. The minimum atomic E-state index is -0.129. The lowest BCUT2D eigenvalue weighted by atomic mass is 10.1. The molecule has 0 atom stereocenters. The lowest BCUT2D eigenvalue weighted by molar-refractivity contribution is 1.46. The van der Waals surface area contributed by atoms with Crippen LogP contribution in [0.3, 0.4) is 0 Å². The maximum atomic E-state index is 12.9. The molecule has 140 valence electrons. The minimum Gasteiger partial charge on any atom is -0.354 e. The molecule has 2 N–H and O–H groups in total. The normalized spacial score (nSPS) is 11.1. The average Bonchev–Trinajstić information content (AvgIpc) is 2.70. The van der Waals surface area contributed by atoms with Gasteiger partial charge in [0.25, 0.3) is 0 Å². The van der Waals surface area contributed by atoms with Gasteiger partial charge in [0.05, 0.1) is 11.0 Å². The molecule has 0 saturated heterocycles. The van der Waals surface area contributed by atoms with E-state index < -0.39 is 0 Å². The van der Waals surface area contributed by atoms with Crippen molar-refractivity contribution in [3.05, 3.63) is 79.0 Å². The van der Waals surface area contributed by atoms with E-state index >= 15 is 0 Å². The highest BCUT2D eigenvalue weighted by molar-refractivity contribution is 6.31. The number of pyridine rings is 2. The molecule has 0 aliphatic carbocycles. The molecule has 0 aliphatic rings. The molecule has 6 heteroatoms. The molecule has 2 heterocycles. The van der Waals surface area contributed by atoms with Gasteiger partial charge in [-0.05, 0) is 48.5 Å². The van der Waals surface area contributed by atoms with Crippen molar-refractivity contribution in [2.45, 2.75) is 13.8 Å². The molecule has 0 aliphatic heterocycles. The van der Waals surface area contributed by atoms with Gasteiger partial charge in [0.2, 0.25) is 0 Å². The molecule has 0 amide bonds. The zero-order valence-electron chi connectivity index (χ0n) is 15.2. The molecule has 0 fully saturated rings. The molecule has 5 aromatic rings. The Labute approximate surface area is 169 Å². The highest BCUT2D eigenvalue weighted by Crippen LogP contribution is 2.23. The van der Waals surface area contributed by atoms with Crippen molar-refractivity contribution in [1.82, 2.24) is 9.97 Å². The van der Waals surface area contributed by atoms with Crippen LogP contribution in [0.25, 0.3) is 43.6 Å². The van der Waals surface area contributed by atoms with Crippen LogP contribution in [0.1, 0.15) is 13.8 Å². The number of aromatic amines is 2. The van der Waals surface area contributed by atoms with Crippen molar-refractivity contribution in [1.29, 1.82) is 0 Å². The smallest absolute Gasteiger partial charge is 0.197 e. The highest BCUT2D eigenvalue weighted by atomic mass is 35.5.